The summed E-state index contributed by atoms with van der Waals surface area (Å²) in [6.45, 7) is 0. The van der Waals surface area contributed by atoms with Gasteiger partial charge in [0.2, 0.25) is 0 Å². The highest BCUT2D eigenvalue weighted by molar-refractivity contribution is 5.65. The van der Waals surface area contributed by atoms with Crippen LogP contribution in [0.3, 0.4) is 0 Å². The molecular weight excluding hydrogens is 172 g/mol. The van der Waals surface area contributed by atoms with Gasteiger partial charge in [-0.3, -0.25) is 0 Å². The van der Waals surface area contributed by atoms with E-state index >= 15 is 0 Å². The second-order valence-corrected chi connectivity index (χ2v) is 4.07. The molecule has 3 N–H and O–H groups in total. The number of hydrogen-bond acceptors (Lipinski definition) is 2. The van der Waals surface area contributed by atoms with Crippen molar-refractivity contribution in [2.45, 2.75) is 38.1 Å². The van der Waals surface area contributed by atoms with Crippen molar-refractivity contribution in [1.29, 1.82) is 0 Å². The van der Waals surface area contributed by atoms with Crippen molar-refractivity contribution >= 4 is 11.4 Å². The van der Waals surface area contributed by atoms with Crippen molar-refractivity contribution in [3.63, 3.8) is 0 Å². The quantitative estimate of drug-likeness (QED) is 0.703. The summed E-state index contributed by atoms with van der Waals surface area (Å²) in [6, 6.07) is 8.64. The van der Waals surface area contributed by atoms with Gasteiger partial charge in [0.15, 0.2) is 0 Å². The highest BCUT2D eigenvalue weighted by Crippen LogP contribution is 2.24. The Morgan fingerprint density at radius 3 is 2.50 bits per heavy atom. The molecule has 0 aliphatic heterocycles. The third-order valence-corrected chi connectivity index (χ3v) is 2.93. The van der Waals surface area contributed by atoms with Crippen LogP contribution in [0.15, 0.2) is 24.3 Å². The van der Waals surface area contributed by atoms with Gasteiger partial charge < -0.3 is 11.1 Å². The Bertz CT molecular complexity index is 290. The first kappa shape index (κ1) is 9.38. The number of rotatable bonds is 2. The maximum absolute atomic E-state index is 5.88. The van der Waals surface area contributed by atoms with Crippen molar-refractivity contribution in [1.82, 2.24) is 0 Å². The highest BCUT2D eigenvalue weighted by atomic mass is 14.9. The van der Waals surface area contributed by atoms with Gasteiger partial charge in [-0.05, 0) is 25.0 Å². The van der Waals surface area contributed by atoms with Crippen LogP contribution in [-0.2, 0) is 0 Å². The van der Waals surface area contributed by atoms with E-state index in [9.17, 15) is 0 Å². The second kappa shape index (κ2) is 4.36. The maximum Gasteiger partial charge on any atom is 0.0576 e. The van der Waals surface area contributed by atoms with Gasteiger partial charge in [-0.25, -0.2) is 0 Å². The van der Waals surface area contributed by atoms with Gasteiger partial charge in [0.1, 0.15) is 0 Å². The fourth-order valence-corrected chi connectivity index (χ4v) is 2.10. The molecule has 0 atom stereocenters. The van der Waals surface area contributed by atoms with Gasteiger partial charge in [0.05, 0.1) is 11.4 Å². The molecule has 76 valence electrons. The molecule has 0 unspecified atom stereocenters. The normalized spacial score (nSPS) is 18.0. The first-order valence-electron chi connectivity index (χ1n) is 5.47. The average Bonchev–Trinajstić information content (AvgIpc) is 2.23. The molecule has 0 radical (unpaired) electrons. The van der Waals surface area contributed by atoms with Crippen LogP contribution in [0.2, 0.25) is 0 Å². The number of nitrogen functional groups attached to an aromatic ring is 1. The summed E-state index contributed by atoms with van der Waals surface area (Å²) >= 11 is 0. The predicted octanol–water partition coefficient (Wildman–Crippen LogP) is 3.01. The summed E-state index contributed by atoms with van der Waals surface area (Å²) in [4.78, 5) is 0. The zero-order valence-electron chi connectivity index (χ0n) is 8.50. The van der Waals surface area contributed by atoms with E-state index < -0.39 is 0 Å². The minimum atomic E-state index is 0.633. The van der Waals surface area contributed by atoms with Crippen molar-refractivity contribution < 1.29 is 0 Å². The fourth-order valence-electron chi connectivity index (χ4n) is 2.10. The Balaban J connectivity index is 1.99. The van der Waals surface area contributed by atoms with Crippen LogP contribution in [0.4, 0.5) is 11.4 Å². The summed E-state index contributed by atoms with van der Waals surface area (Å²) in [6.07, 6.45) is 6.67. The number of nitrogens with two attached hydrogens (primary N) is 1. The summed E-state index contributed by atoms with van der Waals surface area (Å²) in [5.74, 6) is 0. The summed E-state index contributed by atoms with van der Waals surface area (Å²) in [5.41, 5.74) is 7.83. The minimum Gasteiger partial charge on any atom is -0.397 e. The molecule has 1 fully saturated rings. The summed E-state index contributed by atoms with van der Waals surface area (Å²) in [5, 5.41) is 3.52. The number of hydrogen-bond donors (Lipinski definition) is 2. The molecule has 14 heavy (non-hydrogen) atoms. The Labute approximate surface area is 85.5 Å². The van der Waals surface area contributed by atoms with Gasteiger partial charge in [-0.1, -0.05) is 31.4 Å². The average molecular weight is 190 g/mol. The Hall–Kier alpha value is -1.18. The zero-order chi connectivity index (χ0) is 9.80. The standard InChI is InChI=1S/C12H18N2/c13-11-8-4-5-9-12(11)14-10-6-2-1-3-7-10/h4-5,8-10,14H,1-3,6-7,13H2. The van der Waals surface area contributed by atoms with Gasteiger partial charge in [0.25, 0.3) is 0 Å². The second-order valence-electron chi connectivity index (χ2n) is 4.07. The minimum absolute atomic E-state index is 0.633. The van der Waals surface area contributed by atoms with Crippen LogP contribution >= 0.6 is 0 Å². The Morgan fingerprint density at radius 2 is 1.79 bits per heavy atom. The van der Waals surface area contributed by atoms with E-state index in [1.54, 1.807) is 0 Å². The van der Waals surface area contributed by atoms with Crippen LogP contribution in [0.25, 0.3) is 0 Å². The van der Waals surface area contributed by atoms with Crippen LogP contribution in [0.1, 0.15) is 32.1 Å². The molecule has 1 aliphatic rings. The van der Waals surface area contributed by atoms with Crippen LogP contribution in [-0.4, -0.2) is 6.04 Å². The number of anilines is 2. The van der Waals surface area contributed by atoms with Gasteiger partial charge in [-0.2, -0.15) is 0 Å². The number of para-hydroxylation sites is 2. The van der Waals surface area contributed by atoms with E-state index in [1.165, 1.54) is 32.1 Å². The highest BCUT2D eigenvalue weighted by Gasteiger charge is 2.13. The van der Waals surface area contributed by atoms with E-state index in [4.69, 9.17) is 5.73 Å². The molecule has 2 rings (SSSR count). The molecule has 1 aromatic rings. The third-order valence-electron chi connectivity index (χ3n) is 2.93. The lowest BCUT2D eigenvalue weighted by Crippen LogP contribution is -2.22. The summed E-state index contributed by atoms with van der Waals surface area (Å²) in [7, 11) is 0. The molecule has 0 spiro atoms. The van der Waals surface area contributed by atoms with Crippen LogP contribution in [0.5, 0.6) is 0 Å². The Kier molecular flexibility index (Phi) is 2.92. The lowest BCUT2D eigenvalue weighted by atomic mass is 9.95. The largest absolute Gasteiger partial charge is 0.397 e. The first-order chi connectivity index (χ1) is 6.86. The van der Waals surface area contributed by atoms with Crippen molar-refractivity contribution in [3.8, 4) is 0 Å². The molecule has 1 saturated carbocycles. The third kappa shape index (κ3) is 2.19. The van der Waals surface area contributed by atoms with Crippen molar-refractivity contribution in [2.24, 2.45) is 0 Å². The van der Waals surface area contributed by atoms with Gasteiger partial charge in [0, 0.05) is 6.04 Å². The molecule has 0 amide bonds. The lowest BCUT2D eigenvalue weighted by Gasteiger charge is -2.24. The molecule has 0 saturated heterocycles. The van der Waals surface area contributed by atoms with Crippen LogP contribution in [0, 0.1) is 0 Å². The van der Waals surface area contributed by atoms with Crippen molar-refractivity contribution in [2.75, 3.05) is 11.1 Å². The van der Waals surface area contributed by atoms with E-state index in [-0.39, 0.29) is 0 Å². The Morgan fingerprint density at radius 1 is 1.07 bits per heavy atom. The molecule has 2 heteroatoms. The topological polar surface area (TPSA) is 38.0 Å². The number of benzene rings is 1. The molecule has 1 aliphatic carbocycles. The van der Waals surface area contributed by atoms with Crippen molar-refractivity contribution in [3.05, 3.63) is 24.3 Å². The van der Waals surface area contributed by atoms with E-state index in [2.05, 4.69) is 11.4 Å². The van der Waals surface area contributed by atoms with Gasteiger partial charge >= 0.3 is 0 Å². The smallest absolute Gasteiger partial charge is 0.0576 e. The first-order valence-corrected chi connectivity index (χ1v) is 5.47. The monoisotopic (exact) mass is 190 g/mol. The zero-order valence-corrected chi connectivity index (χ0v) is 8.50. The predicted molar refractivity (Wildman–Crippen MR) is 61.4 cm³/mol. The lowest BCUT2D eigenvalue weighted by molar-refractivity contribution is 0.463. The molecule has 2 nitrogen and oxygen atoms in total. The molecule has 0 bridgehead atoms. The SMILES string of the molecule is Nc1ccccc1NC1CCCCC1. The molecule has 1 aromatic carbocycles. The number of nitrogens with one attached hydrogen (secondary N) is 1. The van der Waals surface area contributed by atoms with E-state index in [0.29, 0.717) is 6.04 Å². The van der Waals surface area contributed by atoms with Gasteiger partial charge in [-0.15, -0.1) is 0 Å². The van der Waals surface area contributed by atoms with E-state index in [0.717, 1.165) is 11.4 Å². The maximum atomic E-state index is 5.88. The molecular formula is C12H18N2. The molecule has 0 heterocycles. The van der Waals surface area contributed by atoms with E-state index in [1.807, 2.05) is 18.2 Å². The summed E-state index contributed by atoms with van der Waals surface area (Å²) < 4.78 is 0. The van der Waals surface area contributed by atoms with Crippen LogP contribution < -0.4 is 11.1 Å². The molecule has 0 aromatic heterocycles. The fraction of sp³-hybridized carbons (Fsp3) is 0.500.